The number of amides is 4. The average Bonchev–Trinajstić information content (AvgIpc) is 3.22. The van der Waals surface area contributed by atoms with E-state index in [-0.39, 0.29) is 32.2 Å². The first-order valence-electron chi connectivity index (χ1n) is 13.3. The van der Waals surface area contributed by atoms with E-state index in [0.717, 1.165) is 4.90 Å². The molecule has 238 valence electrons. The van der Waals surface area contributed by atoms with Gasteiger partial charge in [-0.2, -0.15) is 17.6 Å². The Kier molecular flexibility index (Phi) is 9.36. The molecule has 4 aliphatic rings. The minimum absolute atomic E-state index is 0.00808. The summed E-state index contributed by atoms with van der Waals surface area (Å²) in [7, 11) is -4.38. The van der Waals surface area contributed by atoms with Crippen LogP contribution in [0.1, 0.15) is 52.9 Å². The third-order valence-corrected chi connectivity index (χ3v) is 8.66. The third-order valence-electron chi connectivity index (χ3n) is 7.82. The van der Waals surface area contributed by atoms with E-state index < -0.39 is 98.6 Å². The Bertz CT molecular complexity index is 1250. The van der Waals surface area contributed by atoms with Crippen LogP contribution in [-0.4, -0.2) is 86.0 Å². The largest absolute Gasteiger partial charge is 0.471 e. The number of hydrogen-bond acceptors (Lipinski definition) is 6. The first-order chi connectivity index (χ1) is 19.0. The van der Waals surface area contributed by atoms with Crippen molar-refractivity contribution < 1.29 is 53.9 Å². The Morgan fingerprint density at radius 3 is 2.21 bits per heavy atom. The van der Waals surface area contributed by atoms with E-state index >= 15 is 8.78 Å². The third kappa shape index (κ3) is 7.37. The molecule has 17 heteroatoms. The van der Waals surface area contributed by atoms with Gasteiger partial charge in [0.1, 0.15) is 12.1 Å². The van der Waals surface area contributed by atoms with Gasteiger partial charge in [-0.1, -0.05) is 20.8 Å². The quantitative estimate of drug-likeness (QED) is 0.350. The smallest absolute Gasteiger partial charge is 0.356 e. The molecule has 0 spiro atoms. The van der Waals surface area contributed by atoms with Gasteiger partial charge in [-0.3, -0.25) is 19.2 Å². The van der Waals surface area contributed by atoms with Crippen LogP contribution in [0.25, 0.3) is 0 Å². The molecule has 42 heavy (non-hydrogen) atoms. The molecule has 10 nitrogen and oxygen atoms in total. The van der Waals surface area contributed by atoms with Crippen molar-refractivity contribution in [3.05, 3.63) is 11.2 Å². The summed E-state index contributed by atoms with van der Waals surface area (Å²) in [6, 6.07) is -6.56. The fourth-order valence-corrected chi connectivity index (χ4v) is 6.14. The van der Waals surface area contributed by atoms with Gasteiger partial charge in [0, 0.05) is 31.2 Å². The van der Waals surface area contributed by atoms with E-state index in [0.29, 0.717) is 12.3 Å². The molecule has 0 aromatic heterocycles. The molecule has 0 radical (unpaired) electrons. The van der Waals surface area contributed by atoms with Crippen molar-refractivity contribution >= 4 is 33.5 Å². The zero-order valence-electron chi connectivity index (χ0n) is 23.4. The molecule has 0 aromatic carbocycles. The topological polar surface area (TPSA) is 142 Å². The predicted molar refractivity (Wildman–Crippen MR) is 136 cm³/mol. The monoisotopic (exact) mass is 632 g/mol. The number of hydrogen-bond donors (Lipinski definition) is 3. The summed E-state index contributed by atoms with van der Waals surface area (Å²) in [6.45, 7) is 4.31. The summed E-state index contributed by atoms with van der Waals surface area (Å²) in [6.07, 6.45) is -5.38. The number of carbonyl (C=O) groups is 4. The zero-order chi connectivity index (χ0) is 32.0. The van der Waals surface area contributed by atoms with E-state index in [9.17, 15) is 45.2 Å². The first-order valence-corrected chi connectivity index (χ1v) is 15.2. The maximum atomic E-state index is 15.1. The minimum atomic E-state index is -5.36. The second kappa shape index (κ2) is 11.7. The van der Waals surface area contributed by atoms with Gasteiger partial charge in [0.2, 0.25) is 32.7 Å². The van der Waals surface area contributed by atoms with E-state index in [1.54, 1.807) is 5.32 Å². The van der Waals surface area contributed by atoms with E-state index in [4.69, 9.17) is 0 Å². The number of fused-ring (bicyclic) bond motifs is 3. The Morgan fingerprint density at radius 2 is 1.74 bits per heavy atom. The molecule has 3 N–H and O–H groups in total. The number of piperidine rings is 2. The fraction of sp³-hybridized carbons (Fsp3) is 0.760. The lowest BCUT2D eigenvalue weighted by Gasteiger charge is -2.55. The summed E-state index contributed by atoms with van der Waals surface area (Å²) < 4.78 is 107. The Balaban J connectivity index is 2.00. The van der Waals surface area contributed by atoms with Crippen LogP contribution in [-0.2, 0) is 29.0 Å². The number of nitrogens with one attached hydrogen (secondary N) is 3. The lowest BCUT2D eigenvalue weighted by Crippen LogP contribution is -2.71. The standard InChI is InChI=1S/C25H34F6N4O6S/c1-23(2,3)18(34-22(39)25(29,30)31)21(38)35-14-5-6-15(24(27,28)11-14)17(35)20(37)33-13(10-16(26)42(4,40)41)9-12-7-8-32-19(12)36/h10,12-15,17-18H,5-9,11H2,1-4H3,(H,32,36)(H,33,37)(H,34,39)/b16-10-/t12-,13-,14-,15-,17-,18+/m1/s1. The fourth-order valence-electron chi connectivity index (χ4n) is 5.73. The zero-order valence-corrected chi connectivity index (χ0v) is 24.2. The number of rotatable bonds is 8. The highest BCUT2D eigenvalue weighted by atomic mass is 32.2. The number of alkyl halides is 5. The van der Waals surface area contributed by atoms with Crippen LogP contribution >= 0.6 is 0 Å². The highest BCUT2D eigenvalue weighted by Gasteiger charge is 2.61. The van der Waals surface area contributed by atoms with Gasteiger partial charge >= 0.3 is 12.1 Å². The number of carbonyl (C=O) groups excluding carboxylic acids is 4. The number of nitrogens with zero attached hydrogens (tertiary/aromatic N) is 1. The Hall–Kier alpha value is -2.85. The van der Waals surface area contributed by atoms with E-state index in [2.05, 4.69) is 10.6 Å². The van der Waals surface area contributed by atoms with Crippen LogP contribution in [0.15, 0.2) is 11.2 Å². The molecule has 0 unspecified atom stereocenters. The predicted octanol–water partition coefficient (Wildman–Crippen LogP) is 1.96. The normalized spacial score (nSPS) is 27.7. The van der Waals surface area contributed by atoms with Gasteiger partial charge in [-0.05, 0) is 37.2 Å². The molecule has 4 rings (SSSR count). The molecular formula is C25H34F6N4O6S. The van der Waals surface area contributed by atoms with Crippen molar-refractivity contribution in [1.29, 1.82) is 0 Å². The van der Waals surface area contributed by atoms with Crippen molar-refractivity contribution in [2.45, 2.75) is 89.1 Å². The SMILES string of the molecule is CC(C)(C)[C@@H](NC(=O)C(F)(F)F)C(=O)N1[C@@H]2CC[C@H]([C@@H]1C(=O)N[C@@H](/C=C(/F)S(C)(=O)=O)C[C@H]1CCNC1=O)C(F)(F)C2. The highest BCUT2D eigenvalue weighted by molar-refractivity contribution is 7.94. The van der Waals surface area contributed by atoms with Gasteiger partial charge < -0.3 is 20.9 Å². The van der Waals surface area contributed by atoms with Gasteiger partial charge in [0.25, 0.3) is 5.92 Å². The second-order valence-corrected chi connectivity index (χ2v) is 14.1. The van der Waals surface area contributed by atoms with Gasteiger partial charge in [0.15, 0.2) is 0 Å². The summed E-state index contributed by atoms with van der Waals surface area (Å²) in [5.74, 6) is -11.3. The van der Waals surface area contributed by atoms with Crippen molar-refractivity contribution in [2.75, 3.05) is 12.8 Å². The lowest BCUT2D eigenvalue weighted by atomic mass is 9.70. The molecule has 1 aliphatic carbocycles. The molecule has 0 aromatic rings. The molecule has 3 heterocycles. The maximum absolute atomic E-state index is 15.1. The minimum Gasteiger partial charge on any atom is -0.356 e. The lowest BCUT2D eigenvalue weighted by molar-refractivity contribution is -0.197. The molecule has 4 fully saturated rings. The first kappa shape index (κ1) is 33.6. The summed E-state index contributed by atoms with van der Waals surface area (Å²) in [4.78, 5) is 52.0. The second-order valence-electron chi connectivity index (χ2n) is 12.1. The average molecular weight is 633 g/mol. The molecule has 3 saturated heterocycles. The van der Waals surface area contributed by atoms with Crippen molar-refractivity contribution in [2.24, 2.45) is 17.3 Å². The molecular weight excluding hydrogens is 598 g/mol. The van der Waals surface area contributed by atoms with Crippen LogP contribution in [0.3, 0.4) is 0 Å². The summed E-state index contributed by atoms with van der Waals surface area (Å²) in [5, 5.41) is 4.81. The number of sulfone groups is 1. The molecule has 6 atom stereocenters. The van der Waals surface area contributed by atoms with Crippen LogP contribution in [0.2, 0.25) is 0 Å². The maximum Gasteiger partial charge on any atom is 0.471 e. The van der Waals surface area contributed by atoms with E-state index in [1.165, 1.54) is 20.8 Å². The van der Waals surface area contributed by atoms with Crippen molar-refractivity contribution in [3.63, 3.8) is 0 Å². The Labute approximate surface area is 238 Å². The molecule has 1 saturated carbocycles. The highest BCUT2D eigenvalue weighted by Crippen LogP contribution is 2.49. The molecule has 3 aliphatic heterocycles. The summed E-state index contributed by atoms with van der Waals surface area (Å²) in [5.41, 5.74) is -1.35. The van der Waals surface area contributed by atoms with Crippen molar-refractivity contribution in [3.8, 4) is 0 Å². The van der Waals surface area contributed by atoms with Crippen LogP contribution in [0.5, 0.6) is 0 Å². The van der Waals surface area contributed by atoms with E-state index in [1.807, 2.05) is 0 Å². The van der Waals surface area contributed by atoms with Gasteiger partial charge in [0.05, 0.1) is 12.0 Å². The van der Waals surface area contributed by atoms with Crippen LogP contribution in [0, 0.1) is 17.3 Å². The van der Waals surface area contributed by atoms with Crippen LogP contribution in [0.4, 0.5) is 26.3 Å². The van der Waals surface area contributed by atoms with Gasteiger partial charge in [-0.25, -0.2) is 17.2 Å². The van der Waals surface area contributed by atoms with Crippen LogP contribution < -0.4 is 16.0 Å². The molecule has 2 bridgehead atoms. The number of halogens is 6. The van der Waals surface area contributed by atoms with Crippen molar-refractivity contribution in [1.82, 2.24) is 20.9 Å². The molecule has 4 amide bonds. The summed E-state index contributed by atoms with van der Waals surface area (Å²) >= 11 is 0. The van der Waals surface area contributed by atoms with Gasteiger partial charge in [-0.15, -0.1) is 0 Å². The Morgan fingerprint density at radius 1 is 1.12 bits per heavy atom.